The molecule has 1 saturated heterocycles. The molecule has 0 aromatic carbocycles. The molecular weight excluding hydrogens is 202 g/mol. The molecule has 0 unspecified atom stereocenters. The minimum atomic E-state index is 0.418. The molecule has 0 spiro atoms. The molecule has 1 aliphatic heterocycles. The van der Waals surface area contributed by atoms with Crippen molar-refractivity contribution in [1.29, 1.82) is 0 Å². The van der Waals surface area contributed by atoms with E-state index in [1.165, 1.54) is 19.3 Å². The van der Waals surface area contributed by atoms with Gasteiger partial charge in [-0.3, -0.25) is 5.10 Å². The van der Waals surface area contributed by atoms with Crippen LogP contribution in [-0.2, 0) is 11.2 Å². The van der Waals surface area contributed by atoms with Gasteiger partial charge < -0.3 is 4.74 Å². The minimum Gasteiger partial charge on any atom is -0.381 e. The maximum absolute atomic E-state index is 5.35. The van der Waals surface area contributed by atoms with Gasteiger partial charge in [0.25, 0.3) is 0 Å². The fraction of sp³-hybridized carbons (Fsp3) is 0.833. The standard InChI is InChI=1S/C12H19N3O/c1-12(5-6-12)4-2-10-13-11(15-14-10)9-3-7-16-8-9/h9H,2-8H2,1H3,(H,13,14,15)/t9-/m1/s1. The summed E-state index contributed by atoms with van der Waals surface area (Å²) >= 11 is 0. The number of H-pyrrole nitrogens is 1. The zero-order valence-corrected chi connectivity index (χ0v) is 9.83. The van der Waals surface area contributed by atoms with Gasteiger partial charge in [0.2, 0.25) is 0 Å². The van der Waals surface area contributed by atoms with E-state index < -0.39 is 0 Å². The zero-order chi connectivity index (χ0) is 11.0. The van der Waals surface area contributed by atoms with Crippen LogP contribution in [0.1, 0.15) is 50.2 Å². The molecule has 1 saturated carbocycles. The summed E-state index contributed by atoms with van der Waals surface area (Å²) in [7, 11) is 0. The third-order valence-electron chi connectivity index (χ3n) is 3.91. The topological polar surface area (TPSA) is 50.8 Å². The molecule has 16 heavy (non-hydrogen) atoms. The Hall–Kier alpha value is -0.900. The Morgan fingerprint density at radius 2 is 2.38 bits per heavy atom. The second-order valence-electron chi connectivity index (χ2n) is 5.51. The van der Waals surface area contributed by atoms with E-state index in [9.17, 15) is 0 Å². The molecule has 2 fully saturated rings. The van der Waals surface area contributed by atoms with Crippen LogP contribution in [0.4, 0.5) is 0 Å². The highest BCUT2D eigenvalue weighted by molar-refractivity contribution is 5.01. The van der Waals surface area contributed by atoms with E-state index >= 15 is 0 Å². The predicted octanol–water partition coefficient (Wildman–Crippen LogP) is 2.04. The first-order valence-electron chi connectivity index (χ1n) is 6.24. The summed E-state index contributed by atoms with van der Waals surface area (Å²) in [6, 6.07) is 0. The third kappa shape index (κ3) is 2.12. The van der Waals surface area contributed by atoms with E-state index in [0.717, 1.165) is 37.7 Å². The van der Waals surface area contributed by atoms with Gasteiger partial charge in [-0.25, -0.2) is 4.98 Å². The smallest absolute Gasteiger partial charge is 0.156 e. The normalized spacial score (nSPS) is 27.2. The van der Waals surface area contributed by atoms with E-state index in [1.807, 2.05) is 0 Å². The average Bonchev–Trinajstić information content (AvgIpc) is 2.81. The Balaban J connectivity index is 1.58. The number of aromatic nitrogens is 3. The second kappa shape index (κ2) is 3.84. The van der Waals surface area contributed by atoms with Crippen molar-refractivity contribution in [3.05, 3.63) is 11.6 Å². The molecule has 0 bridgehead atoms. The Morgan fingerprint density at radius 3 is 3.06 bits per heavy atom. The largest absolute Gasteiger partial charge is 0.381 e. The monoisotopic (exact) mass is 221 g/mol. The van der Waals surface area contributed by atoms with Crippen molar-refractivity contribution in [3.63, 3.8) is 0 Å². The number of aryl methyl sites for hydroxylation is 1. The maximum atomic E-state index is 5.35. The summed E-state index contributed by atoms with van der Waals surface area (Å²) in [6.07, 6.45) is 6.10. The summed E-state index contributed by atoms with van der Waals surface area (Å²) in [4.78, 5) is 4.58. The van der Waals surface area contributed by atoms with Crippen molar-refractivity contribution >= 4 is 0 Å². The predicted molar refractivity (Wildman–Crippen MR) is 60.2 cm³/mol. The van der Waals surface area contributed by atoms with Crippen LogP contribution in [0.5, 0.6) is 0 Å². The molecule has 1 aromatic rings. The number of rotatable bonds is 4. The number of nitrogens with zero attached hydrogens (tertiary/aromatic N) is 2. The van der Waals surface area contributed by atoms with Crippen molar-refractivity contribution in [2.24, 2.45) is 5.41 Å². The van der Waals surface area contributed by atoms with Crippen molar-refractivity contribution in [2.75, 3.05) is 13.2 Å². The first-order valence-corrected chi connectivity index (χ1v) is 6.24. The van der Waals surface area contributed by atoms with Crippen LogP contribution < -0.4 is 0 Å². The summed E-state index contributed by atoms with van der Waals surface area (Å²) in [5.74, 6) is 2.42. The van der Waals surface area contributed by atoms with E-state index in [-0.39, 0.29) is 0 Å². The lowest BCUT2D eigenvalue weighted by Gasteiger charge is -2.04. The van der Waals surface area contributed by atoms with Crippen LogP contribution in [0.3, 0.4) is 0 Å². The molecule has 4 heteroatoms. The Bertz CT molecular complexity index is 364. The summed E-state index contributed by atoms with van der Waals surface area (Å²) < 4.78 is 5.35. The summed E-state index contributed by atoms with van der Waals surface area (Å²) in [5.41, 5.74) is 0.601. The quantitative estimate of drug-likeness (QED) is 0.846. The first kappa shape index (κ1) is 10.3. The van der Waals surface area contributed by atoms with Crippen LogP contribution >= 0.6 is 0 Å². The van der Waals surface area contributed by atoms with Gasteiger partial charge in [0.05, 0.1) is 6.61 Å². The van der Waals surface area contributed by atoms with Gasteiger partial charge in [0.15, 0.2) is 5.82 Å². The third-order valence-corrected chi connectivity index (χ3v) is 3.91. The lowest BCUT2D eigenvalue weighted by molar-refractivity contribution is 0.193. The second-order valence-corrected chi connectivity index (χ2v) is 5.51. The summed E-state index contributed by atoms with van der Waals surface area (Å²) in [5, 5.41) is 7.37. The number of hydrogen-bond donors (Lipinski definition) is 1. The first-order chi connectivity index (χ1) is 7.75. The fourth-order valence-corrected chi connectivity index (χ4v) is 2.23. The van der Waals surface area contributed by atoms with Gasteiger partial charge >= 0.3 is 0 Å². The average molecular weight is 221 g/mol. The van der Waals surface area contributed by atoms with Crippen molar-refractivity contribution < 1.29 is 4.74 Å². The van der Waals surface area contributed by atoms with Crippen LogP contribution in [0.25, 0.3) is 0 Å². The number of hydrogen-bond acceptors (Lipinski definition) is 3. The minimum absolute atomic E-state index is 0.418. The van der Waals surface area contributed by atoms with Gasteiger partial charge in [-0.1, -0.05) is 6.92 Å². The molecular formula is C12H19N3O. The number of aromatic amines is 1. The SMILES string of the molecule is CC1(CCc2nc([C@@H]3CCOC3)n[nH]2)CC1. The summed E-state index contributed by atoms with van der Waals surface area (Å²) in [6.45, 7) is 4.00. The number of nitrogens with one attached hydrogen (secondary N) is 1. The van der Waals surface area contributed by atoms with Crippen LogP contribution in [0, 0.1) is 5.41 Å². The van der Waals surface area contributed by atoms with Crippen molar-refractivity contribution in [3.8, 4) is 0 Å². The van der Waals surface area contributed by atoms with Crippen molar-refractivity contribution in [1.82, 2.24) is 15.2 Å². The van der Waals surface area contributed by atoms with Crippen molar-refractivity contribution in [2.45, 2.75) is 44.9 Å². The molecule has 2 aliphatic rings. The van der Waals surface area contributed by atoms with Crippen LogP contribution in [0.15, 0.2) is 0 Å². The molecule has 0 amide bonds. The molecule has 2 heterocycles. The van der Waals surface area contributed by atoms with Gasteiger partial charge in [-0.2, -0.15) is 5.10 Å². The van der Waals surface area contributed by atoms with Gasteiger partial charge in [-0.05, 0) is 31.1 Å². The molecule has 1 atom stereocenters. The lowest BCUT2D eigenvalue weighted by atomic mass is 10.0. The van der Waals surface area contributed by atoms with Crippen LogP contribution in [-0.4, -0.2) is 28.4 Å². The molecule has 0 radical (unpaired) electrons. The highest BCUT2D eigenvalue weighted by Gasteiger charge is 2.36. The highest BCUT2D eigenvalue weighted by Crippen LogP contribution is 2.48. The molecule has 4 nitrogen and oxygen atoms in total. The molecule has 88 valence electrons. The molecule has 1 aromatic heterocycles. The van der Waals surface area contributed by atoms with Gasteiger partial charge in [0, 0.05) is 18.9 Å². The molecule has 3 rings (SSSR count). The zero-order valence-electron chi connectivity index (χ0n) is 9.83. The Labute approximate surface area is 95.8 Å². The fourth-order valence-electron chi connectivity index (χ4n) is 2.23. The maximum Gasteiger partial charge on any atom is 0.156 e. The highest BCUT2D eigenvalue weighted by atomic mass is 16.5. The van der Waals surface area contributed by atoms with Crippen LogP contribution in [0.2, 0.25) is 0 Å². The van der Waals surface area contributed by atoms with E-state index in [4.69, 9.17) is 4.74 Å². The lowest BCUT2D eigenvalue weighted by Crippen LogP contribution is -2.01. The van der Waals surface area contributed by atoms with E-state index in [1.54, 1.807) is 0 Å². The molecule has 1 N–H and O–H groups in total. The molecule has 1 aliphatic carbocycles. The van der Waals surface area contributed by atoms with Gasteiger partial charge in [-0.15, -0.1) is 0 Å². The van der Waals surface area contributed by atoms with E-state index in [2.05, 4.69) is 22.1 Å². The Kier molecular flexibility index (Phi) is 2.46. The van der Waals surface area contributed by atoms with E-state index in [0.29, 0.717) is 11.3 Å². The van der Waals surface area contributed by atoms with Gasteiger partial charge in [0.1, 0.15) is 5.82 Å². The number of ether oxygens (including phenoxy) is 1. The Morgan fingerprint density at radius 1 is 1.50 bits per heavy atom.